The fourth-order valence-electron chi connectivity index (χ4n) is 16.1. The van der Waals surface area contributed by atoms with Gasteiger partial charge < -0.3 is 45.2 Å². The van der Waals surface area contributed by atoms with Gasteiger partial charge in [0.05, 0.1) is 42.5 Å². The van der Waals surface area contributed by atoms with Crippen LogP contribution in [0.1, 0.15) is 349 Å². The van der Waals surface area contributed by atoms with E-state index in [0.717, 1.165) is 56.2 Å². The molecular weight excluding hydrogens is 1570 g/mol. The summed E-state index contributed by atoms with van der Waals surface area (Å²) in [5.74, 6) is 5.22. The van der Waals surface area contributed by atoms with Gasteiger partial charge in [-0.3, -0.25) is 0 Å². The molecule has 0 atom stereocenters. The van der Waals surface area contributed by atoms with Gasteiger partial charge in [0.1, 0.15) is 34.5 Å². The minimum atomic E-state index is -1.65. The van der Waals surface area contributed by atoms with Crippen molar-refractivity contribution in [2.45, 2.75) is 356 Å². The lowest BCUT2D eigenvalue weighted by Gasteiger charge is -2.42. The Morgan fingerprint density at radius 2 is 0.421 bits per heavy atom. The van der Waals surface area contributed by atoms with Gasteiger partial charge in [-0.15, -0.1) is 0 Å². The zero-order valence-electron chi connectivity index (χ0n) is 82.7. The highest BCUT2D eigenvalue weighted by Crippen LogP contribution is 2.58. The highest BCUT2D eigenvalue weighted by Gasteiger charge is 2.47. The molecule has 10 rings (SSSR count). The summed E-state index contributed by atoms with van der Waals surface area (Å²) >= 11 is 0. The molecule has 121 heavy (non-hydrogen) atoms. The van der Waals surface area contributed by atoms with Crippen LogP contribution in [0.3, 0.4) is 0 Å². The molecule has 2 aliphatic rings. The van der Waals surface area contributed by atoms with Crippen molar-refractivity contribution in [1.29, 1.82) is 0 Å². The van der Waals surface area contributed by atoms with Crippen molar-refractivity contribution in [2.75, 3.05) is 26.4 Å². The molecule has 14 heteroatoms. The van der Waals surface area contributed by atoms with Crippen molar-refractivity contribution >= 4 is 44.6 Å². The van der Waals surface area contributed by atoms with Crippen LogP contribution in [0.4, 0.5) is 0 Å². The van der Waals surface area contributed by atoms with E-state index in [1.807, 2.05) is 0 Å². The van der Waals surface area contributed by atoms with Gasteiger partial charge in [-0.2, -0.15) is 0 Å². The smallest absolute Gasteiger partial charge is 0.397 e. The van der Waals surface area contributed by atoms with Gasteiger partial charge in [-0.05, 0) is 211 Å². The summed E-state index contributed by atoms with van der Waals surface area (Å²) in [6, 6.07) is 45.0. The van der Waals surface area contributed by atoms with Crippen LogP contribution in [0.15, 0.2) is 121 Å². The van der Waals surface area contributed by atoms with E-state index in [2.05, 4.69) is 412 Å². The fraction of sp³-hybridized carbons (Fsp3) is 0.551. The van der Waals surface area contributed by atoms with Crippen LogP contribution in [0, 0.1) is 47.0 Å². The lowest BCUT2D eigenvalue weighted by molar-refractivity contribution is -0.0674. The average molecular weight is 1720 g/mol. The predicted molar refractivity (Wildman–Crippen MR) is 520 cm³/mol. The van der Waals surface area contributed by atoms with E-state index in [0.29, 0.717) is 26.4 Å². The molecule has 0 unspecified atom stereocenters. The molecule has 0 saturated carbocycles. The Kier molecular flexibility index (Phi) is 29.2. The van der Waals surface area contributed by atoms with Crippen LogP contribution in [0.2, 0.25) is 0 Å². The lowest BCUT2D eigenvalue weighted by Crippen LogP contribution is -2.45. The monoisotopic (exact) mass is 1720 g/mol. The number of rotatable bonds is 15. The number of benzene rings is 8. The molecule has 0 bridgehead atoms. The molecule has 0 radical (unpaired) electrons. The molecule has 2 saturated heterocycles. The molecule has 2 heterocycles. The van der Waals surface area contributed by atoms with Crippen molar-refractivity contribution in [3.8, 4) is 45.6 Å². The maximum absolute atomic E-state index is 7.34. The quantitative estimate of drug-likeness (QED) is 0.0924. The Bertz CT molecular complexity index is 4410. The van der Waals surface area contributed by atoms with E-state index in [4.69, 9.17) is 45.2 Å². The molecule has 662 valence electrons. The third-order valence-electron chi connectivity index (χ3n) is 22.9. The summed E-state index contributed by atoms with van der Waals surface area (Å²) in [5, 5.41) is 1.99. The van der Waals surface area contributed by atoms with Crippen molar-refractivity contribution in [3.05, 3.63) is 221 Å². The Balaban J connectivity index is 0.000000325. The van der Waals surface area contributed by atoms with Crippen LogP contribution < -0.4 is 37.8 Å². The lowest BCUT2D eigenvalue weighted by atomic mass is 9.78. The molecule has 2 aliphatic heterocycles. The highest BCUT2D eigenvalue weighted by molar-refractivity contribution is 7.57. The Morgan fingerprint density at radius 3 is 0.595 bits per heavy atom. The number of hydrogen-bond donors (Lipinski definition) is 0. The zero-order chi connectivity index (χ0) is 91.0. The summed E-state index contributed by atoms with van der Waals surface area (Å²) in [6.07, 6.45) is 0. The van der Waals surface area contributed by atoms with Gasteiger partial charge in [0.15, 0.2) is 0 Å². The van der Waals surface area contributed by atoms with Crippen LogP contribution in [-0.4, -0.2) is 26.4 Å². The Labute approximate surface area is 739 Å². The Hall–Kier alpha value is -5.88. The van der Waals surface area contributed by atoms with E-state index in [-0.39, 0.29) is 65.0 Å². The Morgan fingerprint density at radius 1 is 0.240 bits per heavy atom. The minimum absolute atomic E-state index is 0.0195. The summed E-state index contributed by atoms with van der Waals surface area (Å²) < 4.78 is 67.6. The largest absolute Gasteiger partial charge is 0.435 e. The third kappa shape index (κ3) is 24.5. The van der Waals surface area contributed by atoms with E-state index >= 15 is 0 Å². The second-order valence-corrected chi connectivity index (χ2v) is 52.3. The molecule has 2 fully saturated rings. The zero-order valence-corrected chi connectivity index (χ0v) is 86.3. The predicted octanol–water partition coefficient (Wildman–Crippen LogP) is 31.6. The first-order valence-corrected chi connectivity index (χ1v) is 48.4. The average Bonchev–Trinajstić information content (AvgIpc) is 0.789. The van der Waals surface area contributed by atoms with Gasteiger partial charge in [0, 0.05) is 44.5 Å². The normalized spacial score (nSPS) is 17.1. The van der Waals surface area contributed by atoms with E-state index in [9.17, 15) is 0 Å². The van der Waals surface area contributed by atoms with Gasteiger partial charge >= 0.3 is 34.0 Å². The molecule has 0 N–H and O–H groups in total. The van der Waals surface area contributed by atoms with Gasteiger partial charge in [0.2, 0.25) is 0 Å². The summed E-state index contributed by atoms with van der Waals surface area (Å²) in [4.78, 5) is 0. The SMILES string of the molecule is Cc1cc(C(C)(C)C)c(OP2OCC3(CO2)COP(Oc2c(C(C)(C)C)cc(C)cc2C(C)(C)C)OC3)c(C(C)(C)C)c1.Cc1cc(OP(Oc2cc(C)c(C(C)(C)C)cc2C(C)(C)C)c2ccc(-c3ccc(P(Oc4cc(C)c(C(C)(C)C)cc4C(C)(C)C)Oc4cc(C)c(C(C)(C)C)cc4C(C)(C)C)cc3)cc2)c(C(C)(C)C)cc1C(C)(C)C. The van der Waals surface area contributed by atoms with E-state index in [1.165, 1.54) is 100 Å². The van der Waals surface area contributed by atoms with E-state index in [1.54, 1.807) is 0 Å². The first-order valence-electron chi connectivity index (χ1n) is 43.9. The molecule has 10 nitrogen and oxygen atoms in total. The molecule has 8 aromatic rings. The van der Waals surface area contributed by atoms with Crippen molar-refractivity contribution in [3.63, 3.8) is 0 Å². The summed E-state index contributed by atoms with van der Waals surface area (Å²) in [6.45, 7) is 96.2. The van der Waals surface area contributed by atoms with Gasteiger partial charge in [0.25, 0.3) is 0 Å². The van der Waals surface area contributed by atoms with Crippen LogP contribution >= 0.6 is 34.0 Å². The van der Waals surface area contributed by atoms with Crippen molar-refractivity contribution in [2.24, 2.45) is 5.41 Å². The second kappa shape index (κ2) is 35.7. The third-order valence-corrected chi connectivity index (χ3v) is 27.8. The first-order chi connectivity index (χ1) is 54.9. The van der Waals surface area contributed by atoms with Gasteiger partial charge in [-0.1, -0.05) is 333 Å². The standard InChI is InChI=1S/C72H100O4P2.C35H54O6P2/c1-45-37-61(57(69(17,18)19)41-53(45)65(5,6)7)73-77(74-62-38-46(2)54(66(8,9)10)42-58(62)70(20,21)22)51-33-29-49(30-34-51)50-31-35-52(36-32-50)78(75-63-39-47(3)55(67(11,12)13)43-59(63)71(23,24)25)76-64-40-48(4)56(68(14,15)16)44-60(64)72(26,27)28;1-23-15-25(31(3,4)5)29(26(16-23)32(6,7)8)40-42-36-19-35(20-37-42)21-38-43(39-22-35)41-30-27(33(9,10)11)17-24(2)18-28(30)34(12,13)14/h29-44H,1-28H3;15-18H,19-22H2,1-14H3. The first kappa shape index (κ1) is 98.9. The topological polar surface area (TPSA) is 92.3 Å². The van der Waals surface area contributed by atoms with Crippen molar-refractivity contribution in [1.82, 2.24) is 0 Å². The van der Waals surface area contributed by atoms with Gasteiger partial charge in [-0.25, -0.2) is 0 Å². The highest BCUT2D eigenvalue weighted by atomic mass is 31.2. The van der Waals surface area contributed by atoms with Crippen LogP contribution in [0.5, 0.6) is 34.5 Å². The molecule has 0 aromatic heterocycles. The van der Waals surface area contributed by atoms with Crippen molar-refractivity contribution < 1.29 is 45.2 Å². The molecule has 8 aromatic carbocycles. The molecule has 0 aliphatic carbocycles. The van der Waals surface area contributed by atoms with E-state index < -0.39 is 39.4 Å². The minimum Gasteiger partial charge on any atom is -0.435 e. The molecule has 0 amide bonds. The summed E-state index contributed by atoms with van der Waals surface area (Å²) in [7, 11) is -6.43. The maximum Gasteiger partial charge on any atom is 0.397 e. The molecular formula is C107H154O10P4. The maximum atomic E-state index is 7.34. The summed E-state index contributed by atoms with van der Waals surface area (Å²) in [5.41, 5.74) is 22.6. The number of aryl methyl sites for hydroxylation is 6. The van der Waals surface area contributed by atoms with Crippen LogP contribution in [0.25, 0.3) is 11.1 Å². The molecule has 1 spiro atoms. The fourth-order valence-corrected chi connectivity index (χ4v) is 21.2. The number of hydrogen-bond acceptors (Lipinski definition) is 10. The second-order valence-electron chi connectivity index (χ2n) is 47.2. The van der Waals surface area contributed by atoms with Crippen LogP contribution in [-0.2, 0) is 83.1 Å².